The van der Waals surface area contributed by atoms with Crippen LogP contribution in [0.4, 0.5) is 30.5 Å². The molecule has 14 nitrogen and oxygen atoms in total. The number of anilines is 3. The van der Waals surface area contributed by atoms with Crippen molar-refractivity contribution in [3.8, 4) is 28.5 Å². The number of halogens is 3. The Morgan fingerprint density at radius 3 is 2.52 bits per heavy atom. The highest BCUT2D eigenvalue weighted by Crippen LogP contribution is 2.45. The van der Waals surface area contributed by atoms with E-state index in [0.29, 0.717) is 72.4 Å². The molecule has 2 aliphatic rings. The second-order valence-electron chi connectivity index (χ2n) is 13.1. The van der Waals surface area contributed by atoms with Crippen molar-refractivity contribution in [1.29, 1.82) is 0 Å². The minimum atomic E-state index is -4.74. The summed E-state index contributed by atoms with van der Waals surface area (Å²) >= 11 is 0. The van der Waals surface area contributed by atoms with E-state index in [0.717, 1.165) is 12.0 Å². The summed E-state index contributed by atoms with van der Waals surface area (Å²) < 4.78 is 56.2. The van der Waals surface area contributed by atoms with Gasteiger partial charge in [-0.2, -0.15) is 18.3 Å². The number of benzene rings is 1. The van der Waals surface area contributed by atoms with Crippen LogP contribution in [0.15, 0.2) is 47.7 Å². The molecular formula is C37H41F3N10O4. The van der Waals surface area contributed by atoms with Gasteiger partial charge in [-0.15, -0.1) is 0 Å². The maximum Gasteiger partial charge on any atom is 0.417 e. The minimum absolute atomic E-state index is 0.0424. The quantitative estimate of drug-likeness (QED) is 0.167. The molecule has 0 spiro atoms. The molecule has 284 valence electrons. The Morgan fingerprint density at radius 1 is 0.981 bits per heavy atom. The standard InChI is InChI=1S/C37H41F3N10O4/c1-5-23-20-54-33-29(48(23)6-2)12-11-28-32(33)25(37(38,39)40)17-30(51)50(28)13-8-15-53-16-14-47-19-31(52)49(7-3)36-35(47)41-18-27(45-36)24-9-10-26(44-22(24)4)34-42-21-43-46-34/h9-12,17-18,21,23H,5-8,13-16,19-20H2,1-4H3,(H,42,43,46)/t23-/m1/s1. The van der Waals surface area contributed by atoms with E-state index in [4.69, 9.17) is 19.4 Å². The fourth-order valence-electron chi connectivity index (χ4n) is 7.25. The lowest BCUT2D eigenvalue weighted by Gasteiger charge is -2.38. The number of hydrogen-bond donors (Lipinski definition) is 1. The Hall–Kier alpha value is -5.58. The molecule has 0 aliphatic carbocycles. The Balaban J connectivity index is 1.04. The van der Waals surface area contributed by atoms with Crippen LogP contribution in [0.5, 0.6) is 5.75 Å². The van der Waals surface area contributed by atoms with Gasteiger partial charge in [0.05, 0.1) is 53.2 Å². The number of nitrogens with zero attached hydrogens (tertiary/aromatic N) is 9. The van der Waals surface area contributed by atoms with Crippen LogP contribution in [0, 0.1) is 6.92 Å². The first kappa shape index (κ1) is 36.8. The van der Waals surface area contributed by atoms with Gasteiger partial charge in [-0.3, -0.25) is 19.6 Å². The van der Waals surface area contributed by atoms with E-state index in [9.17, 15) is 22.8 Å². The number of aryl methyl sites for hydroxylation is 2. The summed E-state index contributed by atoms with van der Waals surface area (Å²) in [5.74, 6) is 1.56. The first-order valence-corrected chi connectivity index (χ1v) is 18.0. The number of alkyl halides is 3. The molecule has 0 saturated carbocycles. The fourth-order valence-corrected chi connectivity index (χ4v) is 7.25. The Kier molecular flexibility index (Phi) is 10.2. The van der Waals surface area contributed by atoms with Crippen molar-refractivity contribution >= 4 is 34.1 Å². The summed E-state index contributed by atoms with van der Waals surface area (Å²) in [5, 5.41) is 6.58. The molecule has 17 heteroatoms. The van der Waals surface area contributed by atoms with Crippen LogP contribution in [0.3, 0.4) is 0 Å². The van der Waals surface area contributed by atoms with Crippen molar-refractivity contribution in [2.45, 2.75) is 59.3 Å². The molecular weight excluding hydrogens is 705 g/mol. The average Bonchev–Trinajstić information content (AvgIpc) is 3.70. The van der Waals surface area contributed by atoms with Gasteiger partial charge in [-0.05, 0) is 57.9 Å². The first-order valence-electron chi connectivity index (χ1n) is 18.0. The maximum atomic E-state index is 14.3. The third-order valence-corrected chi connectivity index (χ3v) is 9.93. The van der Waals surface area contributed by atoms with Crippen molar-refractivity contribution in [3.63, 3.8) is 0 Å². The number of hydrogen-bond acceptors (Lipinski definition) is 11. The molecule has 7 rings (SSSR count). The van der Waals surface area contributed by atoms with Crippen LogP contribution in [-0.2, 0) is 22.3 Å². The number of aromatic nitrogens is 7. The van der Waals surface area contributed by atoms with Crippen LogP contribution in [0.1, 0.15) is 44.9 Å². The maximum absolute atomic E-state index is 14.3. The highest BCUT2D eigenvalue weighted by atomic mass is 19.4. The molecule has 6 heterocycles. The summed E-state index contributed by atoms with van der Waals surface area (Å²) in [6, 6.07) is 7.73. The Morgan fingerprint density at radius 2 is 1.81 bits per heavy atom. The summed E-state index contributed by atoms with van der Waals surface area (Å²) in [6.07, 6.45) is -0.529. The van der Waals surface area contributed by atoms with E-state index < -0.39 is 17.3 Å². The van der Waals surface area contributed by atoms with Gasteiger partial charge in [-0.1, -0.05) is 6.92 Å². The number of aromatic amines is 1. The van der Waals surface area contributed by atoms with Crippen LogP contribution >= 0.6 is 0 Å². The molecule has 1 aromatic carbocycles. The molecule has 0 saturated heterocycles. The normalized spacial score (nSPS) is 15.8. The van der Waals surface area contributed by atoms with Crippen molar-refractivity contribution in [1.82, 2.24) is 34.7 Å². The van der Waals surface area contributed by atoms with E-state index in [-0.39, 0.29) is 61.5 Å². The molecule has 54 heavy (non-hydrogen) atoms. The Bertz CT molecular complexity index is 2230. The van der Waals surface area contributed by atoms with Gasteiger partial charge in [0.2, 0.25) is 5.91 Å². The van der Waals surface area contributed by atoms with Crippen LogP contribution < -0.4 is 25.0 Å². The predicted molar refractivity (Wildman–Crippen MR) is 197 cm³/mol. The first-order chi connectivity index (χ1) is 26.0. The van der Waals surface area contributed by atoms with E-state index >= 15 is 0 Å². The smallest absolute Gasteiger partial charge is 0.417 e. The highest BCUT2D eigenvalue weighted by Gasteiger charge is 2.38. The van der Waals surface area contributed by atoms with Crippen molar-refractivity contribution in [3.05, 3.63) is 64.5 Å². The minimum Gasteiger partial charge on any atom is -0.489 e. The molecule has 0 unspecified atom stereocenters. The lowest BCUT2D eigenvalue weighted by atomic mass is 10.0. The summed E-state index contributed by atoms with van der Waals surface area (Å²) in [6.45, 7) is 10.0. The Labute approximate surface area is 309 Å². The predicted octanol–water partition coefficient (Wildman–Crippen LogP) is 5.24. The molecule has 2 aliphatic heterocycles. The molecule has 0 bridgehead atoms. The monoisotopic (exact) mass is 746 g/mol. The molecule has 1 atom stereocenters. The largest absolute Gasteiger partial charge is 0.489 e. The van der Waals surface area contributed by atoms with Gasteiger partial charge in [0.15, 0.2) is 23.2 Å². The number of amides is 1. The third kappa shape index (κ3) is 6.83. The average molecular weight is 747 g/mol. The second kappa shape index (κ2) is 15.0. The lowest BCUT2D eigenvalue weighted by Crippen LogP contribution is -2.47. The van der Waals surface area contributed by atoms with E-state index in [1.807, 2.05) is 44.7 Å². The SMILES string of the molecule is CC[C@@H]1COc2c(ccc3c2c(C(F)(F)F)cc(=O)n3CCCOCCN2CC(=O)N(CC)c3nc(-c4ccc(-c5ncn[nH]5)nc4C)cnc32)N1CC. The van der Waals surface area contributed by atoms with Gasteiger partial charge < -0.3 is 23.8 Å². The number of carbonyl (C=O) groups is 1. The van der Waals surface area contributed by atoms with E-state index in [1.54, 1.807) is 23.2 Å². The zero-order chi connectivity index (χ0) is 38.1. The third-order valence-electron chi connectivity index (χ3n) is 9.93. The number of pyridine rings is 2. The summed E-state index contributed by atoms with van der Waals surface area (Å²) in [5.41, 5.74) is 1.68. The van der Waals surface area contributed by atoms with Gasteiger partial charge in [0, 0.05) is 50.1 Å². The van der Waals surface area contributed by atoms with Crippen molar-refractivity contribution < 1.29 is 27.4 Å². The van der Waals surface area contributed by atoms with Crippen molar-refractivity contribution in [2.75, 3.05) is 60.7 Å². The van der Waals surface area contributed by atoms with Gasteiger partial charge in [0.1, 0.15) is 18.6 Å². The topological polar surface area (TPSA) is 147 Å². The molecule has 1 amide bonds. The number of fused-ring (bicyclic) bond motifs is 4. The summed E-state index contributed by atoms with van der Waals surface area (Å²) in [4.78, 5) is 50.1. The van der Waals surface area contributed by atoms with E-state index in [2.05, 4.69) is 25.1 Å². The number of carbonyl (C=O) groups excluding carboxylic acids is 1. The molecule has 0 radical (unpaired) electrons. The summed E-state index contributed by atoms with van der Waals surface area (Å²) in [7, 11) is 0. The van der Waals surface area contributed by atoms with Crippen LogP contribution in [0.25, 0.3) is 33.7 Å². The van der Waals surface area contributed by atoms with Crippen LogP contribution in [0.2, 0.25) is 0 Å². The van der Waals surface area contributed by atoms with Gasteiger partial charge in [-0.25, -0.2) is 19.9 Å². The molecule has 1 N–H and O–H groups in total. The number of likely N-dealkylation sites (N-methyl/N-ethyl adjacent to an activating group) is 2. The molecule has 0 fully saturated rings. The van der Waals surface area contributed by atoms with E-state index in [1.165, 1.54) is 10.9 Å². The highest BCUT2D eigenvalue weighted by molar-refractivity contribution is 6.01. The van der Waals surface area contributed by atoms with Gasteiger partial charge in [0.25, 0.3) is 5.56 Å². The number of nitrogens with one attached hydrogen (secondary N) is 1. The number of rotatable bonds is 12. The zero-order valence-electron chi connectivity index (χ0n) is 30.5. The number of ether oxygens (including phenoxy) is 2. The second-order valence-corrected chi connectivity index (χ2v) is 13.1. The lowest BCUT2D eigenvalue weighted by molar-refractivity contribution is -0.136. The van der Waals surface area contributed by atoms with Gasteiger partial charge >= 0.3 is 6.18 Å². The number of H-pyrrole nitrogens is 1. The van der Waals surface area contributed by atoms with Crippen molar-refractivity contribution in [2.24, 2.45) is 0 Å². The van der Waals surface area contributed by atoms with Crippen LogP contribution in [-0.4, -0.2) is 92.6 Å². The fraction of sp³-hybridized carbons (Fsp3) is 0.432. The zero-order valence-corrected chi connectivity index (χ0v) is 30.5. The molecule has 5 aromatic rings. The molecule has 4 aromatic heterocycles.